The van der Waals surface area contributed by atoms with E-state index in [1.165, 1.54) is 0 Å². The Morgan fingerprint density at radius 1 is 1.11 bits per heavy atom. The minimum Gasteiger partial charge on any atom is -0.493 e. The van der Waals surface area contributed by atoms with Crippen molar-refractivity contribution in [3.63, 3.8) is 0 Å². The fraction of sp³-hybridized carbons (Fsp3) is 0.200. The quantitative estimate of drug-likeness (QED) is 0.393. The summed E-state index contributed by atoms with van der Waals surface area (Å²) in [5, 5.41) is 13.5. The molecule has 2 heterocycles. The number of hydrazone groups is 1. The average Bonchev–Trinajstić information content (AvgIpc) is 3.06. The predicted molar refractivity (Wildman–Crippen MR) is 109 cm³/mol. The molecule has 0 saturated heterocycles. The van der Waals surface area contributed by atoms with Crippen LogP contribution in [-0.2, 0) is 0 Å². The highest BCUT2D eigenvalue weighted by Crippen LogP contribution is 2.28. The molecule has 142 valence electrons. The summed E-state index contributed by atoms with van der Waals surface area (Å²) in [7, 11) is 1.61. The number of aromatic amines is 1. The molecule has 4 aromatic rings. The van der Waals surface area contributed by atoms with Gasteiger partial charge in [0.2, 0.25) is 0 Å². The molecule has 8 heteroatoms. The van der Waals surface area contributed by atoms with Crippen molar-refractivity contribution in [1.29, 1.82) is 0 Å². The van der Waals surface area contributed by atoms with E-state index in [-0.39, 0.29) is 6.10 Å². The fourth-order valence-electron chi connectivity index (χ4n) is 2.85. The number of anilines is 1. The maximum Gasteiger partial charge on any atom is 0.265 e. The molecule has 0 aliphatic carbocycles. The van der Waals surface area contributed by atoms with Crippen molar-refractivity contribution < 1.29 is 9.47 Å². The SMILES string of the molecule is COc1cc(/C=N/Nc2nnc3c(n2)[nH]c2ccccc23)ccc1OC(C)C. The van der Waals surface area contributed by atoms with Crippen LogP contribution in [0.15, 0.2) is 47.6 Å². The van der Waals surface area contributed by atoms with E-state index in [9.17, 15) is 0 Å². The third-order valence-corrected chi connectivity index (χ3v) is 4.05. The Labute approximate surface area is 161 Å². The summed E-state index contributed by atoms with van der Waals surface area (Å²) >= 11 is 0. The number of hydrogen-bond donors (Lipinski definition) is 2. The van der Waals surface area contributed by atoms with Crippen LogP contribution in [0.4, 0.5) is 5.95 Å². The van der Waals surface area contributed by atoms with Crippen LogP contribution < -0.4 is 14.9 Å². The Morgan fingerprint density at radius 3 is 2.79 bits per heavy atom. The van der Waals surface area contributed by atoms with Crippen LogP contribution >= 0.6 is 0 Å². The topological polar surface area (TPSA) is 97.3 Å². The Balaban J connectivity index is 1.52. The molecular weight excluding hydrogens is 356 g/mol. The first kappa shape index (κ1) is 17.7. The zero-order valence-corrected chi connectivity index (χ0v) is 15.8. The lowest BCUT2D eigenvalue weighted by Gasteiger charge is -2.13. The molecule has 0 atom stereocenters. The van der Waals surface area contributed by atoms with Crippen molar-refractivity contribution in [2.24, 2.45) is 5.10 Å². The Hall–Kier alpha value is -3.68. The Bertz CT molecular complexity index is 1150. The lowest BCUT2D eigenvalue weighted by Crippen LogP contribution is -2.06. The zero-order chi connectivity index (χ0) is 19.5. The molecule has 4 rings (SSSR count). The number of benzene rings is 2. The van der Waals surface area contributed by atoms with Gasteiger partial charge in [-0.2, -0.15) is 10.1 Å². The van der Waals surface area contributed by atoms with Crippen LogP contribution in [0.1, 0.15) is 19.4 Å². The van der Waals surface area contributed by atoms with E-state index in [0.717, 1.165) is 22.0 Å². The molecule has 2 aromatic heterocycles. The van der Waals surface area contributed by atoms with Crippen LogP contribution in [0.3, 0.4) is 0 Å². The molecule has 8 nitrogen and oxygen atoms in total. The number of fused-ring (bicyclic) bond motifs is 3. The second kappa shape index (κ2) is 7.51. The van der Waals surface area contributed by atoms with E-state index >= 15 is 0 Å². The van der Waals surface area contributed by atoms with Crippen molar-refractivity contribution in [2.45, 2.75) is 20.0 Å². The molecular formula is C20H20N6O2. The number of para-hydroxylation sites is 1. The number of methoxy groups -OCH3 is 1. The molecule has 0 unspecified atom stereocenters. The first-order chi connectivity index (χ1) is 13.6. The van der Waals surface area contributed by atoms with E-state index < -0.39 is 0 Å². The lowest BCUT2D eigenvalue weighted by atomic mass is 10.2. The normalized spacial score (nSPS) is 11.6. The van der Waals surface area contributed by atoms with E-state index in [2.05, 4.69) is 30.7 Å². The molecule has 0 amide bonds. The van der Waals surface area contributed by atoms with Crippen molar-refractivity contribution >= 4 is 34.2 Å². The van der Waals surface area contributed by atoms with Crippen LogP contribution in [0, 0.1) is 0 Å². The first-order valence-electron chi connectivity index (χ1n) is 8.89. The number of aromatic nitrogens is 4. The lowest BCUT2D eigenvalue weighted by molar-refractivity contribution is 0.230. The van der Waals surface area contributed by atoms with Gasteiger partial charge in [-0.25, -0.2) is 5.43 Å². The molecule has 0 aliphatic heterocycles. The van der Waals surface area contributed by atoms with Gasteiger partial charge < -0.3 is 14.5 Å². The first-order valence-corrected chi connectivity index (χ1v) is 8.89. The van der Waals surface area contributed by atoms with Gasteiger partial charge in [0.1, 0.15) is 5.52 Å². The molecule has 0 spiro atoms. The number of ether oxygens (including phenoxy) is 2. The van der Waals surface area contributed by atoms with Crippen molar-refractivity contribution in [1.82, 2.24) is 20.2 Å². The Kier molecular flexibility index (Phi) is 4.76. The third-order valence-electron chi connectivity index (χ3n) is 4.05. The van der Waals surface area contributed by atoms with Gasteiger partial charge in [-0.1, -0.05) is 18.2 Å². The van der Waals surface area contributed by atoms with Gasteiger partial charge in [0.15, 0.2) is 17.1 Å². The highest BCUT2D eigenvalue weighted by atomic mass is 16.5. The number of rotatable bonds is 6. The minimum absolute atomic E-state index is 0.0688. The van der Waals surface area contributed by atoms with Gasteiger partial charge >= 0.3 is 0 Å². The molecule has 0 fully saturated rings. The van der Waals surface area contributed by atoms with Gasteiger partial charge in [-0.05, 0) is 43.7 Å². The van der Waals surface area contributed by atoms with E-state index in [0.29, 0.717) is 23.1 Å². The molecule has 2 N–H and O–H groups in total. The molecule has 0 aliphatic rings. The van der Waals surface area contributed by atoms with Gasteiger partial charge in [0.05, 0.1) is 19.4 Å². The predicted octanol–water partition coefficient (Wildman–Crippen LogP) is 3.75. The standard InChI is InChI=1S/C20H20N6O2/c1-12(2)28-16-9-8-13(10-17(16)27-3)11-21-25-20-23-19-18(24-26-20)14-6-4-5-7-15(14)22-19/h4-12H,1-3H3,(H2,22,23,25,26)/b21-11+. The summed E-state index contributed by atoms with van der Waals surface area (Å²) in [4.78, 5) is 7.65. The number of H-pyrrole nitrogens is 1. The van der Waals surface area contributed by atoms with Crippen molar-refractivity contribution in [3.8, 4) is 11.5 Å². The summed E-state index contributed by atoms with van der Waals surface area (Å²) in [6.45, 7) is 3.94. The highest BCUT2D eigenvalue weighted by molar-refractivity contribution is 6.03. The highest BCUT2D eigenvalue weighted by Gasteiger charge is 2.09. The monoisotopic (exact) mass is 376 g/mol. The van der Waals surface area contributed by atoms with Gasteiger partial charge in [0.25, 0.3) is 5.95 Å². The number of nitrogens with one attached hydrogen (secondary N) is 2. The van der Waals surface area contributed by atoms with Gasteiger partial charge in [-0.3, -0.25) is 0 Å². The number of nitrogens with zero attached hydrogens (tertiary/aromatic N) is 4. The Morgan fingerprint density at radius 2 is 1.96 bits per heavy atom. The largest absolute Gasteiger partial charge is 0.493 e. The van der Waals surface area contributed by atoms with Crippen LogP contribution in [-0.4, -0.2) is 39.6 Å². The van der Waals surface area contributed by atoms with Gasteiger partial charge in [0, 0.05) is 10.9 Å². The summed E-state index contributed by atoms with van der Waals surface area (Å²) in [5.41, 5.74) is 6.01. The van der Waals surface area contributed by atoms with Crippen LogP contribution in [0.2, 0.25) is 0 Å². The average molecular weight is 376 g/mol. The minimum atomic E-state index is 0.0688. The zero-order valence-electron chi connectivity index (χ0n) is 15.8. The molecule has 28 heavy (non-hydrogen) atoms. The second-order valence-electron chi connectivity index (χ2n) is 6.45. The summed E-state index contributed by atoms with van der Waals surface area (Å²) < 4.78 is 11.1. The maximum absolute atomic E-state index is 5.71. The smallest absolute Gasteiger partial charge is 0.265 e. The van der Waals surface area contributed by atoms with E-state index in [1.807, 2.05) is 56.3 Å². The molecule has 0 saturated carbocycles. The number of hydrogen-bond acceptors (Lipinski definition) is 7. The molecule has 2 aromatic carbocycles. The third kappa shape index (κ3) is 3.57. The van der Waals surface area contributed by atoms with E-state index in [1.54, 1.807) is 13.3 Å². The summed E-state index contributed by atoms with van der Waals surface area (Å²) in [6.07, 6.45) is 1.72. The second-order valence-corrected chi connectivity index (χ2v) is 6.45. The van der Waals surface area contributed by atoms with Crippen molar-refractivity contribution in [2.75, 3.05) is 12.5 Å². The van der Waals surface area contributed by atoms with Crippen molar-refractivity contribution in [3.05, 3.63) is 48.0 Å². The van der Waals surface area contributed by atoms with Crippen LogP contribution in [0.25, 0.3) is 22.1 Å². The summed E-state index contributed by atoms with van der Waals surface area (Å²) in [5.74, 6) is 1.65. The van der Waals surface area contributed by atoms with Crippen LogP contribution in [0.5, 0.6) is 11.5 Å². The van der Waals surface area contributed by atoms with Gasteiger partial charge in [-0.15, -0.1) is 10.2 Å². The fourth-order valence-corrected chi connectivity index (χ4v) is 2.85. The maximum atomic E-state index is 5.71. The summed E-state index contributed by atoms with van der Waals surface area (Å²) in [6, 6.07) is 13.5. The van der Waals surface area contributed by atoms with E-state index in [4.69, 9.17) is 9.47 Å². The molecule has 0 bridgehead atoms. The molecule has 0 radical (unpaired) electrons.